The van der Waals surface area contributed by atoms with Gasteiger partial charge in [-0.25, -0.2) is 8.42 Å². The number of amides is 2. The molecular weight excluding hydrogens is 400 g/mol. The molecule has 0 unspecified atom stereocenters. The third kappa shape index (κ3) is 4.77. The van der Waals surface area contributed by atoms with Crippen molar-refractivity contribution >= 4 is 39.1 Å². The van der Waals surface area contributed by atoms with Gasteiger partial charge in [0.1, 0.15) is 11.5 Å². The van der Waals surface area contributed by atoms with Gasteiger partial charge in [-0.1, -0.05) is 0 Å². The van der Waals surface area contributed by atoms with E-state index in [1.54, 1.807) is 25.1 Å². The molecule has 28 heavy (non-hydrogen) atoms. The largest absolute Gasteiger partial charge is 0.465 e. The van der Waals surface area contributed by atoms with Crippen molar-refractivity contribution in [2.75, 3.05) is 11.1 Å². The third-order valence-corrected chi connectivity index (χ3v) is 7.61. The van der Waals surface area contributed by atoms with Gasteiger partial charge in [0.2, 0.25) is 11.8 Å². The summed E-state index contributed by atoms with van der Waals surface area (Å²) in [5, 5.41) is 4.51. The second kappa shape index (κ2) is 8.40. The summed E-state index contributed by atoms with van der Waals surface area (Å²) in [6.07, 6.45) is 0.216. The van der Waals surface area contributed by atoms with Crippen LogP contribution in [0.2, 0.25) is 0 Å². The Morgan fingerprint density at radius 1 is 1.32 bits per heavy atom. The topological polar surface area (TPSA) is 105 Å². The van der Waals surface area contributed by atoms with Gasteiger partial charge in [0.05, 0.1) is 22.4 Å². The van der Waals surface area contributed by atoms with Gasteiger partial charge < -0.3 is 15.1 Å². The van der Waals surface area contributed by atoms with E-state index < -0.39 is 15.1 Å². The summed E-state index contributed by atoms with van der Waals surface area (Å²) in [4.78, 5) is 24.8. The molecule has 1 aliphatic rings. The molecule has 0 radical (unpaired) electrons. The first-order valence-corrected chi connectivity index (χ1v) is 11.4. The molecule has 0 fully saturated rings. The predicted octanol–water partition coefficient (Wildman–Crippen LogP) is 2.89. The molecule has 1 aromatic carbocycles. The molecule has 3 rings (SSSR count). The minimum absolute atomic E-state index is 0.0935. The highest BCUT2D eigenvalue weighted by Crippen LogP contribution is 2.33. The molecule has 2 amide bonds. The lowest BCUT2D eigenvalue weighted by atomic mass is 10.3. The molecule has 0 spiro atoms. The molecule has 2 heterocycles. The van der Waals surface area contributed by atoms with Gasteiger partial charge in [-0.05, 0) is 44.2 Å². The smallest absolute Gasteiger partial charge is 0.225 e. The van der Waals surface area contributed by atoms with Crippen LogP contribution in [0.1, 0.15) is 31.3 Å². The van der Waals surface area contributed by atoms with E-state index in [1.165, 1.54) is 30.8 Å². The highest BCUT2D eigenvalue weighted by Gasteiger charge is 2.27. The van der Waals surface area contributed by atoms with Crippen LogP contribution in [0.15, 0.2) is 44.5 Å². The molecule has 9 heteroatoms. The summed E-state index contributed by atoms with van der Waals surface area (Å²) in [5.41, 5.74) is 0.499. The van der Waals surface area contributed by atoms with Crippen LogP contribution in [0.3, 0.4) is 0 Å². The fourth-order valence-electron chi connectivity index (χ4n) is 2.82. The number of anilines is 1. The molecule has 150 valence electrons. The first kappa shape index (κ1) is 20.5. The highest BCUT2D eigenvalue weighted by molar-refractivity contribution is 7.99. The number of thioether (sulfide) groups is 1. The summed E-state index contributed by atoms with van der Waals surface area (Å²) in [5.74, 6) is 1.50. The zero-order valence-electron chi connectivity index (χ0n) is 15.7. The van der Waals surface area contributed by atoms with Gasteiger partial charge >= 0.3 is 0 Å². The normalized spacial score (nSPS) is 15.3. The number of carbonyl (C=O) groups is 2. The average molecular weight is 423 g/mol. The molecule has 1 aromatic heterocycles. The maximum Gasteiger partial charge on any atom is 0.225 e. The number of carbonyl (C=O) groups excluding carboxylic acids is 2. The first-order valence-electron chi connectivity index (χ1n) is 8.88. The summed E-state index contributed by atoms with van der Waals surface area (Å²) in [6.45, 7) is 3.52. The summed E-state index contributed by atoms with van der Waals surface area (Å²) in [7, 11) is -3.72. The number of aryl methyl sites for hydroxylation is 1. The zero-order chi connectivity index (χ0) is 20.3. The number of benzene rings is 1. The van der Waals surface area contributed by atoms with Crippen LogP contribution in [0, 0.1) is 6.92 Å². The summed E-state index contributed by atoms with van der Waals surface area (Å²) < 4.78 is 31.1. The maximum absolute atomic E-state index is 12.9. The van der Waals surface area contributed by atoms with Gasteiger partial charge in [0.15, 0.2) is 9.84 Å². The van der Waals surface area contributed by atoms with Crippen LogP contribution in [0.4, 0.5) is 5.69 Å². The minimum Gasteiger partial charge on any atom is -0.465 e. The van der Waals surface area contributed by atoms with Crippen molar-refractivity contribution in [2.24, 2.45) is 0 Å². The van der Waals surface area contributed by atoms with Crippen molar-refractivity contribution in [3.63, 3.8) is 0 Å². The summed E-state index contributed by atoms with van der Waals surface area (Å²) >= 11 is 1.51. The second-order valence-electron chi connectivity index (χ2n) is 6.65. The minimum atomic E-state index is -3.72. The molecular formula is C19H22N2O5S2. The lowest BCUT2D eigenvalue weighted by Gasteiger charge is -2.15. The SMILES string of the molecule is Cc1ccc(CNC(=O)C[C@H](C)S(=O)(=O)c2ccc3c(c2)NC(=O)CCS3)o1. The Balaban J connectivity index is 1.67. The zero-order valence-corrected chi connectivity index (χ0v) is 17.3. The highest BCUT2D eigenvalue weighted by atomic mass is 32.2. The van der Waals surface area contributed by atoms with E-state index in [1.807, 2.05) is 0 Å². The van der Waals surface area contributed by atoms with E-state index in [-0.39, 0.29) is 29.7 Å². The van der Waals surface area contributed by atoms with Gasteiger partial charge in [-0.3, -0.25) is 9.59 Å². The van der Waals surface area contributed by atoms with Crippen molar-refractivity contribution in [1.29, 1.82) is 0 Å². The molecule has 0 bridgehead atoms. The van der Waals surface area contributed by atoms with Crippen LogP contribution < -0.4 is 10.6 Å². The van der Waals surface area contributed by atoms with Crippen molar-refractivity contribution in [3.8, 4) is 0 Å². The van der Waals surface area contributed by atoms with Crippen LogP contribution in [0.25, 0.3) is 0 Å². The lowest BCUT2D eigenvalue weighted by Crippen LogP contribution is -2.29. The van der Waals surface area contributed by atoms with Crippen LogP contribution in [-0.2, 0) is 26.0 Å². The number of hydrogen-bond donors (Lipinski definition) is 2. The quantitative estimate of drug-likeness (QED) is 0.742. The number of hydrogen-bond acceptors (Lipinski definition) is 6. The van der Waals surface area contributed by atoms with Crippen molar-refractivity contribution < 1.29 is 22.4 Å². The van der Waals surface area contributed by atoms with E-state index in [0.717, 1.165) is 10.7 Å². The van der Waals surface area contributed by atoms with Crippen molar-refractivity contribution in [1.82, 2.24) is 5.32 Å². The molecule has 1 aliphatic heterocycles. The van der Waals surface area contributed by atoms with E-state index in [4.69, 9.17) is 4.42 Å². The Morgan fingerprint density at radius 2 is 2.11 bits per heavy atom. The van der Waals surface area contributed by atoms with Gasteiger partial charge in [0.25, 0.3) is 0 Å². The maximum atomic E-state index is 12.9. The van der Waals surface area contributed by atoms with Crippen molar-refractivity contribution in [3.05, 3.63) is 41.9 Å². The molecule has 0 aliphatic carbocycles. The van der Waals surface area contributed by atoms with Crippen LogP contribution in [-0.4, -0.2) is 31.2 Å². The molecule has 1 atom stereocenters. The Morgan fingerprint density at radius 3 is 2.82 bits per heavy atom. The number of fused-ring (bicyclic) bond motifs is 1. The fraction of sp³-hybridized carbons (Fsp3) is 0.368. The van der Waals surface area contributed by atoms with E-state index in [2.05, 4.69) is 10.6 Å². The van der Waals surface area contributed by atoms with Gasteiger partial charge in [0, 0.05) is 23.5 Å². The predicted molar refractivity (Wildman–Crippen MR) is 107 cm³/mol. The fourth-order valence-corrected chi connectivity index (χ4v) is 5.13. The molecule has 0 saturated heterocycles. The van der Waals surface area contributed by atoms with Crippen LogP contribution >= 0.6 is 11.8 Å². The van der Waals surface area contributed by atoms with E-state index in [0.29, 0.717) is 23.6 Å². The molecule has 7 nitrogen and oxygen atoms in total. The molecule has 2 aromatic rings. The Hall–Kier alpha value is -2.26. The number of sulfone groups is 1. The monoisotopic (exact) mass is 422 g/mol. The molecule has 0 saturated carbocycles. The van der Waals surface area contributed by atoms with Gasteiger partial charge in [-0.15, -0.1) is 11.8 Å². The molecule has 2 N–H and O–H groups in total. The number of nitrogens with one attached hydrogen (secondary N) is 2. The first-order chi connectivity index (χ1) is 13.3. The number of rotatable bonds is 6. The summed E-state index contributed by atoms with van der Waals surface area (Å²) in [6, 6.07) is 8.26. The van der Waals surface area contributed by atoms with Gasteiger partial charge in [-0.2, -0.15) is 0 Å². The second-order valence-corrected chi connectivity index (χ2v) is 10.2. The Bertz CT molecular complexity index is 998. The van der Waals surface area contributed by atoms with Crippen molar-refractivity contribution in [2.45, 2.75) is 48.3 Å². The lowest BCUT2D eigenvalue weighted by molar-refractivity contribution is -0.121. The van der Waals surface area contributed by atoms with E-state index >= 15 is 0 Å². The Kier molecular flexibility index (Phi) is 6.14. The Labute approximate surface area is 168 Å². The standard InChI is InChI=1S/C19H22N2O5S2/c1-12-3-4-14(26-12)11-20-19(23)9-13(2)28(24,25)15-5-6-17-16(10-15)21-18(22)7-8-27-17/h3-6,10,13H,7-9,11H2,1-2H3,(H,20,23)(H,21,22)/t13-/m0/s1. The van der Waals surface area contributed by atoms with E-state index in [9.17, 15) is 18.0 Å². The van der Waals surface area contributed by atoms with Crippen LogP contribution in [0.5, 0.6) is 0 Å². The average Bonchev–Trinajstić information content (AvgIpc) is 2.96. The number of furan rings is 1. The third-order valence-electron chi connectivity index (χ3n) is 4.40.